The number of hydrogen-bond acceptors (Lipinski definition) is 1. The van der Waals surface area contributed by atoms with Gasteiger partial charge in [-0.1, -0.05) is 57.9 Å². The Balaban J connectivity index is 2.10. The van der Waals surface area contributed by atoms with E-state index in [0.717, 1.165) is 10.0 Å². The molecule has 1 nitrogen and oxygen atoms in total. The van der Waals surface area contributed by atoms with Crippen LogP contribution in [0.25, 0.3) is 0 Å². The molecule has 0 amide bonds. The SMILES string of the molecule is O=C(Cc1ccccc1Br)Cc1cccc(F)c1Cl. The van der Waals surface area contributed by atoms with Gasteiger partial charge >= 0.3 is 0 Å². The Morgan fingerprint density at radius 1 is 1.05 bits per heavy atom. The summed E-state index contributed by atoms with van der Waals surface area (Å²) in [5.41, 5.74) is 1.44. The van der Waals surface area contributed by atoms with E-state index in [1.807, 2.05) is 24.3 Å². The fourth-order valence-electron chi connectivity index (χ4n) is 1.81. The highest BCUT2D eigenvalue weighted by atomic mass is 79.9. The molecule has 0 radical (unpaired) electrons. The summed E-state index contributed by atoms with van der Waals surface area (Å²) in [4.78, 5) is 12.0. The molecule has 0 aliphatic carbocycles. The molecule has 2 rings (SSSR count). The fraction of sp³-hybridized carbons (Fsp3) is 0.133. The lowest BCUT2D eigenvalue weighted by atomic mass is 10.0. The van der Waals surface area contributed by atoms with E-state index in [4.69, 9.17) is 11.6 Å². The van der Waals surface area contributed by atoms with Crippen LogP contribution in [0.2, 0.25) is 5.02 Å². The van der Waals surface area contributed by atoms with Crippen LogP contribution in [0.5, 0.6) is 0 Å². The molecule has 0 atom stereocenters. The van der Waals surface area contributed by atoms with Gasteiger partial charge in [-0.2, -0.15) is 0 Å². The van der Waals surface area contributed by atoms with Crippen molar-refractivity contribution < 1.29 is 9.18 Å². The van der Waals surface area contributed by atoms with Crippen LogP contribution in [0.1, 0.15) is 11.1 Å². The Bertz CT molecular complexity index is 613. The molecule has 0 aliphatic heterocycles. The van der Waals surface area contributed by atoms with Crippen molar-refractivity contribution in [3.05, 3.63) is 68.9 Å². The van der Waals surface area contributed by atoms with Gasteiger partial charge in [0.2, 0.25) is 0 Å². The maximum Gasteiger partial charge on any atom is 0.142 e. The van der Waals surface area contributed by atoms with Crippen molar-refractivity contribution >= 4 is 33.3 Å². The smallest absolute Gasteiger partial charge is 0.142 e. The van der Waals surface area contributed by atoms with Gasteiger partial charge in [-0.25, -0.2) is 4.39 Å². The molecule has 0 saturated heterocycles. The molecule has 0 aromatic heterocycles. The van der Waals surface area contributed by atoms with E-state index in [2.05, 4.69) is 15.9 Å². The molecule has 2 aromatic rings. The molecule has 2 aromatic carbocycles. The van der Waals surface area contributed by atoms with Crippen LogP contribution in [0.15, 0.2) is 46.9 Å². The van der Waals surface area contributed by atoms with E-state index < -0.39 is 5.82 Å². The first kappa shape index (κ1) is 14.2. The maximum atomic E-state index is 13.3. The summed E-state index contributed by atoms with van der Waals surface area (Å²) < 4.78 is 14.2. The predicted octanol–water partition coefficient (Wildman–Crippen LogP) is 4.60. The number of carbonyl (C=O) groups excluding carboxylic acids is 1. The minimum atomic E-state index is -0.493. The Kier molecular flexibility index (Phi) is 4.72. The monoisotopic (exact) mass is 340 g/mol. The first-order chi connectivity index (χ1) is 9.08. The van der Waals surface area contributed by atoms with Crippen molar-refractivity contribution in [1.82, 2.24) is 0 Å². The lowest BCUT2D eigenvalue weighted by molar-refractivity contribution is -0.117. The molecular formula is C15H11BrClFO. The molecule has 4 heteroatoms. The van der Waals surface area contributed by atoms with Crippen molar-refractivity contribution in [2.24, 2.45) is 0 Å². The standard InChI is InChI=1S/C15H11BrClFO/c16-13-6-2-1-4-10(13)8-12(19)9-11-5-3-7-14(18)15(11)17/h1-7H,8-9H2. The first-order valence-corrected chi connectivity index (χ1v) is 6.93. The summed E-state index contributed by atoms with van der Waals surface area (Å²) in [7, 11) is 0. The highest BCUT2D eigenvalue weighted by molar-refractivity contribution is 9.10. The van der Waals surface area contributed by atoms with E-state index in [-0.39, 0.29) is 17.2 Å². The third-order valence-corrected chi connectivity index (χ3v) is 3.96. The number of halogens is 3. The van der Waals surface area contributed by atoms with Gasteiger partial charge < -0.3 is 0 Å². The normalized spacial score (nSPS) is 10.5. The third-order valence-electron chi connectivity index (χ3n) is 2.76. The third kappa shape index (κ3) is 3.64. The van der Waals surface area contributed by atoms with E-state index in [1.54, 1.807) is 12.1 Å². The Hall–Kier alpha value is -1.19. The summed E-state index contributed by atoms with van der Waals surface area (Å²) in [5, 5.41) is 0.0305. The molecule has 98 valence electrons. The van der Waals surface area contributed by atoms with Gasteiger partial charge in [-0.15, -0.1) is 0 Å². The molecule has 0 N–H and O–H groups in total. The zero-order valence-corrected chi connectivity index (χ0v) is 12.3. The van der Waals surface area contributed by atoms with Crippen LogP contribution in [-0.2, 0) is 17.6 Å². The van der Waals surface area contributed by atoms with Crippen LogP contribution >= 0.6 is 27.5 Å². The quantitative estimate of drug-likeness (QED) is 0.794. The van der Waals surface area contributed by atoms with Crippen molar-refractivity contribution in [3.63, 3.8) is 0 Å². The van der Waals surface area contributed by atoms with Crippen molar-refractivity contribution in [3.8, 4) is 0 Å². The van der Waals surface area contributed by atoms with Crippen LogP contribution in [0.3, 0.4) is 0 Å². The molecule has 0 spiro atoms. The topological polar surface area (TPSA) is 17.1 Å². The lowest BCUT2D eigenvalue weighted by Gasteiger charge is -2.06. The van der Waals surface area contributed by atoms with Gasteiger partial charge in [-0.05, 0) is 23.3 Å². The van der Waals surface area contributed by atoms with Gasteiger partial charge in [0.05, 0.1) is 5.02 Å². The number of benzene rings is 2. The second-order valence-corrected chi connectivity index (χ2v) is 5.43. The first-order valence-electron chi connectivity index (χ1n) is 5.76. The van der Waals surface area contributed by atoms with Gasteiger partial charge in [0.15, 0.2) is 0 Å². The number of rotatable bonds is 4. The Morgan fingerprint density at radius 3 is 2.42 bits per heavy atom. The highest BCUT2D eigenvalue weighted by Gasteiger charge is 2.11. The largest absolute Gasteiger partial charge is 0.299 e. The van der Waals surface area contributed by atoms with Gasteiger partial charge in [0, 0.05) is 17.3 Å². The van der Waals surface area contributed by atoms with Crippen molar-refractivity contribution in [1.29, 1.82) is 0 Å². The summed E-state index contributed by atoms with van der Waals surface area (Å²) >= 11 is 9.23. The van der Waals surface area contributed by atoms with Crippen LogP contribution in [0, 0.1) is 5.82 Å². The summed E-state index contributed by atoms with van der Waals surface area (Å²) in [6.45, 7) is 0. The van der Waals surface area contributed by atoms with Crippen LogP contribution in [0.4, 0.5) is 4.39 Å². The molecule has 0 unspecified atom stereocenters. The Labute approximate surface area is 124 Å². The van der Waals surface area contributed by atoms with Gasteiger partial charge in [-0.3, -0.25) is 4.79 Å². The second-order valence-electron chi connectivity index (χ2n) is 4.20. The van der Waals surface area contributed by atoms with Crippen molar-refractivity contribution in [2.75, 3.05) is 0 Å². The molecule has 0 saturated carbocycles. The predicted molar refractivity (Wildman–Crippen MR) is 78.0 cm³/mol. The molecular weight excluding hydrogens is 331 g/mol. The molecule has 0 heterocycles. The zero-order valence-electron chi connectivity index (χ0n) is 10.00. The van der Waals surface area contributed by atoms with E-state index in [1.165, 1.54) is 6.07 Å². The zero-order chi connectivity index (χ0) is 13.8. The number of carbonyl (C=O) groups is 1. The maximum absolute atomic E-state index is 13.3. The second kappa shape index (κ2) is 6.31. The van der Waals surface area contributed by atoms with Crippen LogP contribution < -0.4 is 0 Å². The van der Waals surface area contributed by atoms with Gasteiger partial charge in [0.1, 0.15) is 11.6 Å². The van der Waals surface area contributed by atoms with Gasteiger partial charge in [0.25, 0.3) is 0 Å². The minimum absolute atomic E-state index is 0.000556. The molecule has 19 heavy (non-hydrogen) atoms. The number of Topliss-reactive ketones (excluding diaryl/α,β-unsaturated/α-hetero) is 1. The van der Waals surface area contributed by atoms with Crippen molar-refractivity contribution in [2.45, 2.75) is 12.8 Å². The number of hydrogen-bond donors (Lipinski definition) is 0. The number of ketones is 1. The summed E-state index contributed by atoms with van der Waals surface area (Å²) in [5.74, 6) is -0.493. The minimum Gasteiger partial charge on any atom is -0.299 e. The Morgan fingerprint density at radius 2 is 1.68 bits per heavy atom. The molecule has 0 fully saturated rings. The summed E-state index contributed by atoms with van der Waals surface area (Å²) in [6, 6.07) is 12.0. The average Bonchev–Trinajstić information content (AvgIpc) is 2.38. The lowest BCUT2D eigenvalue weighted by Crippen LogP contribution is -2.07. The fourth-order valence-corrected chi connectivity index (χ4v) is 2.43. The molecule has 0 bridgehead atoms. The summed E-state index contributed by atoms with van der Waals surface area (Å²) in [6.07, 6.45) is 0.437. The molecule has 0 aliphatic rings. The van der Waals surface area contributed by atoms with Crippen LogP contribution in [-0.4, -0.2) is 5.78 Å². The van der Waals surface area contributed by atoms with E-state index >= 15 is 0 Å². The van der Waals surface area contributed by atoms with E-state index in [9.17, 15) is 9.18 Å². The highest BCUT2D eigenvalue weighted by Crippen LogP contribution is 2.22. The van der Waals surface area contributed by atoms with E-state index in [0.29, 0.717) is 12.0 Å². The average molecular weight is 342 g/mol.